The van der Waals surface area contributed by atoms with E-state index in [9.17, 15) is 4.39 Å². The third-order valence-electron chi connectivity index (χ3n) is 2.34. The van der Waals surface area contributed by atoms with E-state index in [-0.39, 0.29) is 6.67 Å². The number of hydrogen-bond acceptors (Lipinski definition) is 1. The number of hydrogen-bond donors (Lipinski definition) is 1. The molecule has 2 aromatic rings. The highest BCUT2D eigenvalue weighted by Gasteiger charge is 2.00. The summed E-state index contributed by atoms with van der Waals surface area (Å²) in [4.78, 5) is 0. The molecule has 0 aliphatic carbocycles. The molecule has 0 aliphatic heterocycles. The van der Waals surface area contributed by atoms with Crippen LogP contribution in [0.5, 0.6) is 0 Å². The maximum Gasteiger partial charge on any atom is 0.0934 e. The van der Waals surface area contributed by atoms with Crippen molar-refractivity contribution >= 4 is 16.5 Å². The van der Waals surface area contributed by atoms with Gasteiger partial charge in [0.05, 0.1) is 6.67 Å². The van der Waals surface area contributed by atoms with Crippen molar-refractivity contribution in [3.8, 4) is 0 Å². The minimum absolute atomic E-state index is 0.336. The monoisotopic (exact) mass is 189 g/mol. The van der Waals surface area contributed by atoms with Gasteiger partial charge in [-0.1, -0.05) is 30.3 Å². The molecule has 72 valence electrons. The van der Waals surface area contributed by atoms with Gasteiger partial charge in [-0.3, -0.25) is 4.39 Å². The van der Waals surface area contributed by atoms with Crippen LogP contribution in [0, 0.1) is 0 Å². The molecule has 0 spiro atoms. The van der Waals surface area contributed by atoms with Gasteiger partial charge in [0.2, 0.25) is 0 Å². The minimum atomic E-state index is -0.336. The van der Waals surface area contributed by atoms with E-state index >= 15 is 0 Å². The number of halogens is 1. The Morgan fingerprint density at radius 3 is 2.71 bits per heavy atom. The van der Waals surface area contributed by atoms with Crippen LogP contribution in [0.25, 0.3) is 10.8 Å². The molecule has 0 saturated heterocycles. The molecular formula is C12H12FN. The van der Waals surface area contributed by atoms with Crippen LogP contribution in [0.1, 0.15) is 5.56 Å². The number of aryl methyl sites for hydroxylation is 1. The van der Waals surface area contributed by atoms with Crippen molar-refractivity contribution in [1.29, 1.82) is 0 Å². The van der Waals surface area contributed by atoms with E-state index in [0.717, 1.165) is 22.0 Å². The maximum atomic E-state index is 12.2. The first-order valence-corrected chi connectivity index (χ1v) is 4.64. The number of alkyl halides is 1. The summed E-state index contributed by atoms with van der Waals surface area (Å²) >= 11 is 0. The van der Waals surface area contributed by atoms with Crippen molar-refractivity contribution in [3.05, 3.63) is 42.0 Å². The van der Waals surface area contributed by atoms with Crippen molar-refractivity contribution in [1.82, 2.24) is 0 Å². The third kappa shape index (κ3) is 1.55. The average Bonchev–Trinajstić information content (AvgIpc) is 2.18. The van der Waals surface area contributed by atoms with E-state index < -0.39 is 0 Å². The van der Waals surface area contributed by atoms with Crippen LogP contribution in [-0.4, -0.2) is 6.67 Å². The summed E-state index contributed by atoms with van der Waals surface area (Å²) in [6.45, 7) is -0.336. The Hall–Kier alpha value is -1.57. The Balaban J connectivity index is 2.60. The van der Waals surface area contributed by atoms with Crippen molar-refractivity contribution in [2.45, 2.75) is 6.42 Å². The number of fused-ring (bicyclic) bond motifs is 1. The fourth-order valence-electron chi connectivity index (χ4n) is 1.66. The first-order chi connectivity index (χ1) is 6.81. The third-order valence-corrected chi connectivity index (χ3v) is 2.34. The molecular weight excluding hydrogens is 177 g/mol. The number of rotatable bonds is 2. The van der Waals surface area contributed by atoms with Gasteiger partial charge in [0.25, 0.3) is 0 Å². The molecule has 2 aromatic carbocycles. The second-order valence-electron chi connectivity index (χ2n) is 3.35. The molecule has 14 heavy (non-hydrogen) atoms. The SMILES string of the molecule is Nc1cc(CCF)cc2ccccc12. The van der Waals surface area contributed by atoms with Crippen LogP contribution in [0.4, 0.5) is 10.1 Å². The topological polar surface area (TPSA) is 26.0 Å². The molecule has 0 bridgehead atoms. The normalized spacial score (nSPS) is 10.6. The van der Waals surface area contributed by atoms with Crippen molar-refractivity contribution in [2.75, 3.05) is 12.4 Å². The maximum absolute atomic E-state index is 12.2. The van der Waals surface area contributed by atoms with E-state index in [4.69, 9.17) is 5.73 Å². The molecule has 0 aromatic heterocycles. The Kier molecular flexibility index (Phi) is 2.35. The predicted octanol–water partition coefficient (Wildman–Crippen LogP) is 2.93. The first-order valence-electron chi connectivity index (χ1n) is 4.64. The zero-order chi connectivity index (χ0) is 9.97. The standard InChI is InChI=1S/C12H12FN/c13-6-5-9-7-10-3-1-2-4-11(10)12(14)8-9/h1-4,7-8H,5-6,14H2. The summed E-state index contributed by atoms with van der Waals surface area (Å²) in [6.07, 6.45) is 0.440. The van der Waals surface area contributed by atoms with Crippen LogP contribution in [-0.2, 0) is 6.42 Å². The van der Waals surface area contributed by atoms with E-state index in [1.165, 1.54) is 0 Å². The average molecular weight is 189 g/mol. The molecule has 1 nitrogen and oxygen atoms in total. The summed E-state index contributed by atoms with van der Waals surface area (Å²) in [5.74, 6) is 0. The van der Waals surface area contributed by atoms with E-state index in [2.05, 4.69) is 0 Å². The second kappa shape index (κ2) is 3.66. The van der Waals surface area contributed by atoms with Gasteiger partial charge < -0.3 is 5.73 Å². The van der Waals surface area contributed by atoms with Crippen LogP contribution in [0.2, 0.25) is 0 Å². The molecule has 2 N–H and O–H groups in total. The molecule has 0 unspecified atom stereocenters. The molecule has 0 radical (unpaired) electrons. The summed E-state index contributed by atoms with van der Waals surface area (Å²) < 4.78 is 12.2. The van der Waals surface area contributed by atoms with Crippen LogP contribution >= 0.6 is 0 Å². The fourth-order valence-corrected chi connectivity index (χ4v) is 1.66. The number of anilines is 1. The smallest absolute Gasteiger partial charge is 0.0934 e. The summed E-state index contributed by atoms with van der Waals surface area (Å²) in [5, 5.41) is 2.12. The molecule has 0 amide bonds. The summed E-state index contributed by atoms with van der Waals surface area (Å²) in [6, 6.07) is 11.7. The van der Waals surface area contributed by atoms with Crippen molar-refractivity contribution in [2.24, 2.45) is 0 Å². The van der Waals surface area contributed by atoms with Gasteiger partial charge in [0.15, 0.2) is 0 Å². The lowest BCUT2D eigenvalue weighted by molar-refractivity contribution is 0.495. The summed E-state index contributed by atoms with van der Waals surface area (Å²) in [5.41, 5.74) is 7.55. The van der Waals surface area contributed by atoms with Gasteiger partial charge in [-0.05, 0) is 17.0 Å². The van der Waals surface area contributed by atoms with Crippen LogP contribution in [0.15, 0.2) is 36.4 Å². The molecule has 0 saturated carbocycles. The van der Waals surface area contributed by atoms with Crippen LogP contribution in [0.3, 0.4) is 0 Å². The predicted molar refractivity (Wildman–Crippen MR) is 58.0 cm³/mol. The Morgan fingerprint density at radius 2 is 1.93 bits per heavy atom. The zero-order valence-electron chi connectivity index (χ0n) is 7.83. The number of nitrogen functional groups attached to an aromatic ring is 1. The van der Waals surface area contributed by atoms with Gasteiger partial charge in [0.1, 0.15) is 0 Å². The van der Waals surface area contributed by atoms with Gasteiger partial charge >= 0.3 is 0 Å². The molecule has 0 heterocycles. The van der Waals surface area contributed by atoms with E-state index in [1.807, 2.05) is 36.4 Å². The first kappa shape index (κ1) is 9.00. The zero-order valence-corrected chi connectivity index (χ0v) is 7.83. The highest BCUT2D eigenvalue weighted by Crippen LogP contribution is 2.23. The highest BCUT2D eigenvalue weighted by atomic mass is 19.1. The Morgan fingerprint density at radius 1 is 1.14 bits per heavy atom. The van der Waals surface area contributed by atoms with E-state index in [0.29, 0.717) is 6.42 Å². The summed E-state index contributed by atoms with van der Waals surface area (Å²) in [7, 11) is 0. The minimum Gasteiger partial charge on any atom is -0.398 e. The molecule has 0 fully saturated rings. The second-order valence-corrected chi connectivity index (χ2v) is 3.35. The quantitative estimate of drug-likeness (QED) is 0.722. The van der Waals surface area contributed by atoms with Gasteiger partial charge in [-0.2, -0.15) is 0 Å². The van der Waals surface area contributed by atoms with Crippen LogP contribution < -0.4 is 5.73 Å². The molecule has 2 heteroatoms. The van der Waals surface area contributed by atoms with Gasteiger partial charge in [-0.25, -0.2) is 0 Å². The highest BCUT2D eigenvalue weighted by molar-refractivity contribution is 5.93. The Bertz CT molecular complexity index is 451. The van der Waals surface area contributed by atoms with Gasteiger partial charge in [0, 0.05) is 17.5 Å². The fraction of sp³-hybridized carbons (Fsp3) is 0.167. The lowest BCUT2D eigenvalue weighted by Crippen LogP contribution is -1.92. The largest absolute Gasteiger partial charge is 0.398 e. The lowest BCUT2D eigenvalue weighted by Gasteiger charge is -2.05. The molecule has 2 rings (SSSR count). The van der Waals surface area contributed by atoms with Crippen molar-refractivity contribution < 1.29 is 4.39 Å². The molecule has 0 atom stereocenters. The van der Waals surface area contributed by atoms with E-state index in [1.54, 1.807) is 0 Å². The number of benzene rings is 2. The van der Waals surface area contributed by atoms with Crippen molar-refractivity contribution in [3.63, 3.8) is 0 Å². The molecule has 0 aliphatic rings. The lowest BCUT2D eigenvalue weighted by atomic mass is 10.0. The van der Waals surface area contributed by atoms with Gasteiger partial charge in [-0.15, -0.1) is 0 Å². The number of nitrogens with two attached hydrogens (primary N) is 1. The Labute approximate surface area is 82.3 Å².